The molecule has 0 bridgehead atoms. The average Bonchev–Trinajstić information content (AvgIpc) is 1.18. The van der Waals surface area contributed by atoms with Gasteiger partial charge in [0.25, 0.3) is 0 Å². The number of unbranched alkanes of at least 4 members (excludes halogenated alkanes) is 37. The van der Waals surface area contributed by atoms with E-state index < -0.39 is 97.5 Å². The first kappa shape index (κ1) is 92.1. The normalized spacial score (nSPS) is 14.4. The van der Waals surface area contributed by atoms with Gasteiger partial charge in [0, 0.05) is 25.7 Å². The van der Waals surface area contributed by atoms with Crippen molar-refractivity contribution in [2.75, 3.05) is 39.6 Å². The third kappa shape index (κ3) is 67.3. The van der Waals surface area contributed by atoms with Gasteiger partial charge in [0.15, 0.2) is 12.2 Å². The van der Waals surface area contributed by atoms with Crippen LogP contribution in [0.4, 0.5) is 0 Å². The standard InChI is InChI=1S/C75H146O17P2/c1-9-68(8)54-46-38-29-23-19-20-26-32-42-50-58-75(80)91-70(61-85-72(77)55-47-39-30-24-17-12-10-11-15-21-27-35-43-51-65(2)3)63-89-93(81,82)87-59-69(76)60-88-94(83,84)90-64-71(62-86-73(78)56-48-40-34-33-37-45-53-67(6)7)92-74(79)57-49-41-31-25-18-14-13-16-22-28-36-44-52-66(4)5/h65-71,76H,9-64H2,1-8H3,(H,81,82)(H,83,84)/t68?,69-,70-,71-/m1/s1. The second-order valence-corrected chi connectivity index (χ2v) is 31.6. The maximum atomic E-state index is 13.1. The van der Waals surface area contributed by atoms with Gasteiger partial charge in [0.2, 0.25) is 0 Å². The van der Waals surface area contributed by atoms with Gasteiger partial charge in [-0.2, -0.15) is 0 Å². The Morgan fingerprint density at radius 2 is 0.511 bits per heavy atom. The third-order valence-electron chi connectivity index (χ3n) is 17.7. The van der Waals surface area contributed by atoms with E-state index >= 15 is 0 Å². The molecule has 6 atom stereocenters. The maximum absolute atomic E-state index is 13.1. The molecule has 0 aromatic carbocycles. The van der Waals surface area contributed by atoms with Crippen LogP contribution in [-0.4, -0.2) is 96.7 Å². The van der Waals surface area contributed by atoms with Gasteiger partial charge >= 0.3 is 39.5 Å². The van der Waals surface area contributed by atoms with Crippen LogP contribution in [0.3, 0.4) is 0 Å². The summed E-state index contributed by atoms with van der Waals surface area (Å²) < 4.78 is 68.5. The topological polar surface area (TPSA) is 237 Å². The molecule has 0 fully saturated rings. The lowest BCUT2D eigenvalue weighted by Gasteiger charge is -2.21. The number of phosphoric ester groups is 2. The molecule has 0 heterocycles. The average molecular weight is 1380 g/mol. The number of phosphoric acid groups is 2. The molecule has 17 nitrogen and oxygen atoms in total. The Morgan fingerprint density at radius 1 is 0.298 bits per heavy atom. The van der Waals surface area contributed by atoms with Crippen molar-refractivity contribution in [3.05, 3.63) is 0 Å². The Kier molecular flexibility index (Phi) is 63.1. The minimum absolute atomic E-state index is 0.105. The fraction of sp³-hybridized carbons (Fsp3) is 0.947. The van der Waals surface area contributed by atoms with E-state index in [1.54, 1.807) is 0 Å². The molecule has 0 aliphatic heterocycles. The molecule has 558 valence electrons. The second-order valence-electron chi connectivity index (χ2n) is 28.7. The van der Waals surface area contributed by atoms with Crippen molar-refractivity contribution in [1.82, 2.24) is 0 Å². The summed E-state index contributed by atoms with van der Waals surface area (Å²) in [5, 5.41) is 10.6. The molecule has 0 spiro atoms. The number of hydrogen-bond acceptors (Lipinski definition) is 15. The number of carbonyl (C=O) groups is 4. The summed E-state index contributed by atoms with van der Waals surface area (Å²) in [4.78, 5) is 72.8. The molecule has 0 aromatic heterocycles. The number of esters is 4. The molecule has 3 N–H and O–H groups in total. The van der Waals surface area contributed by atoms with Gasteiger partial charge in [-0.05, 0) is 49.4 Å². The molecule has 0 saturated heterocycles. The Bertz CT molecular complexity index is 1850. The number of hydrogen-bond donors (Lipinski definition) is 3. The van der Waals surface area contributed by atoms with Crippen LogP contribution in [0.2, 0.25) is 0 Å². The van der Waals surface area contributed by atoms with E-state index in [4.69, 9.17) is 37.0 Å². The molecule has 0 saturated carbocycles. The summed E-state index contributed by atoms with van der Waals surface area (Å²) >= 11 is 0. The number of rotatable bonds is 72. The summed E-state index contributed by atoms with van der Waals surface area (Å²) in [7, 11) is -9.91. The van der Waals surface area contributed by atoms with Gasteiger partial charge in [0.05, 0.1) is 26.4 Å². The fourth-order valence-electron chi connectivity index (χ4n) is 11.3. The predicted molar refractivity (Wildman–Crippen MR) is 381 cm³/mol. The molecule has 0 rings (SSSR count). The van der Waals surface area contributed by atoms with Crippen molar-refractivity contribution >= 4 is 39.5 Å². The molecule has 94 heavy (non-hydrogen) atoms. The summed E-state index contributed by atoms with van der Waals surface area (Å²) in [5.41, 5.74) is 0. The lowest BCUT2D eigenvalue weighted by atomic mass is 9.99. The molecule has 0 amide bonds. The van der Waals surface area contributed by atoms with Gasteiger partial charge in [-0.15, -0.1) is 0 Å². The van der Waals surface area contributed by atoms with E-state index in [2.05, 4.69) is 55.4 Å². The summed E-state index contributed by atoms with van der Waals surface area (Å²) in [5.74, 6) is 0.927. The minimum atomic E-state index is -4.96. The Labute approximate surface area is 575 Å². The number of aliphatic hydroxyl groups is 1. The highest BCUT2D eigenvalue weighted by Crippen LogP contribution is 2.45. The first-order valence-electron chi connectivity index (χ1n) is 38.7. The van der Waals surface area contributed by atoms with E-state index in [-0.39, 0.29) is 25.7 Å². The third-order valence-corrected chi connectivity index (χ3v) is 19.6. The molecular weight excluding hydrogens is 1230 g/mol. The first-order valence-corrected chi connectivity index (χ1v) is 41.7. The lowest BCUT2D eigenvalue weighted by Crippen LogP contribution is -2.30. The van der Waals surface area contributed by atoms with E-state index in [0.29, 0.717) is 31.6 Å². The number of carbonyl (C=O) groups excluding carboxylic acids is 4. The van der Waals surface area contributed by atoms with Gasteiger partial charge in [0.1, 0.15) is 19.3 Å². The maximum Gasteiger partial charge on any atom is 0.472 e. The molecule has 19 heteroatoms. The number of aliphatic hydroxyl groups excluding tert-OH is 1. The van der Waals surface area contributed by atoms with Crippen LogP contribution in [0.25, 0.3) is 0 Å². The van der Waals surface area contributed by atoms with Crippen molar-refractivity contribution in [2.45, 2.75) is 395 Å². The Hall–Kier alpha value is -1.94. The smallest absolute Gasteiger partial charge is 0.462 e. The fourth-order valence-corrected chi connectivity index (χ4v) is 12.9. The van der Waals surface area contributed by atoms with Crippen molar-refractivity contribution in [3.8, 4) is 0 Å². The van der Waals surface area contributed by atoms with E-state index in [0.717, 1.165) is 114 Å². The molecule has 0 aromatic rings. The quantitative estimate of drug-likeness (QED) is 0.0222. The van der Waals surface area contributed by atoms with Crippen LogP contribution in [0.1, 0.15) is 376 Å². The van der Waals surface area contributed by atoms with Gasteiger partial charge in [-0.1, -0.05) is 325 Å². The summed E-state index contributed by atoms with van der Waals surface area (Å²) in [6.07, 6.45) is 48.6. The Balaban J connectivity index is 5.24. The molecule has 3 unspecified atom stereocenters. The second kappa shape index (κ2) is 64.4. The van der Waals surface area contributed by atoms with E-state index in [1.165, 1.54) is 173 Å². The molecule has 0 aliphatic carbocycles. The lowest BCUT2D eigenvalue weighted by molar-refractivity contribution is -0.161. The predicted octanol–water partition coefficient (Wildman–Crippen LogP) is 21.7. The zero-order valence-corrected chi connectivity index (χ0v) is 63.4. The van der Waals surface area contributed by atoms with Crippen molar-refractivity contribution in [1.29, 1.82) is 0 Å². The Morgan fingerprint density at radius 3 is 0.755 bits per heavy atom. The van der Waals surface area contributed by atoms with Crippen molar-refractivity contribution < 1.29 is 80.2 Å². The van der Waals surface area contributed by atoms with Crippen molar-refractivity contribution in [2.24, 2.45) is 23.7 Å². The van der Waals surface area contributed by atoms with E-state index in [1.807, 2.05) is 0 Å². The highest BCUT2D eigenvalue weighted by atomic mass is 31.2. The zero-order valence-electron chi connectivity index (χ0n) is 61.6. The van der Waals surface area contributed by atoms with Gasteiger partial charge in [-0.3, -0.25) is 37.3 Å². The first-order chi connectivity index (χ1) is 45.1. The monoisotopic (exact) mass is 1380 g/mol. The van der Waals surface area contributed by atoms with Crippen LogP contribution in [-0.2, 0) is 65.4 Å². The highest BCUT2D eigenvalue weighted by Gasteiger charge is 2.30. The van der Waals surface area contributed by atoms with Gasteiger partial charge < -0.3 is 33.8 Å². The van der Waals surface area contributed by atoms with Crippen LogP contribution in [0, 0.1) is 23.7 Å². The van der Waals surface area contributed by atoms with Crippen LogP contribution < -0.4 is 0 Å². The van der Waals surface area contributed by atoms with Crippen LogP contribution in [0.5, 0.6) is 0 Å². The summed E-state index contributed by atoms with van der Waals surface area (Å²) in [6, 6.07) is 0. The molecular formula is C75H146O17P2. The largest absolute Gasteiger partial charge is 0.472 e. The molecule has 0 aliphatic rings. The highest BCUT2D eigenvalue weighted by molar-refractivity contribution is 7.47. The van der Waals surface area contributed by atoms with E-state index in [9.17, 15) is 43.2 Å². The SMILES string of the molecule is CCC(C)CCCCCCCCCCCCC(=O)O[C@H](COC(=O)CCCCCCCCCCCCCCCC(C)C)COP(=O)(O)OC[C@@H](O)COP(=O)(O)OC[C@@H](COC(=O)CCCCCCCCC(C)C)OC(=O)CCCCCCCCCCCCCCC(C)C. The van der Waals surface area contributed by atoms with Gasteiger partial charge in [-0.25, -0.2) is 9.13 Å². The van der Waals surface area contributed by atoms with Crippen LogP contribution in [0.15, 0.2) is 0 Å². The van der Waals surface area contributed by atoms with Crippen molar-refractivity contribution in [3.63, 3.8) is 0 Å². The number of ether oxygens (including phenoxy) is 4. The molecule has 0 radical (unpaired) electrons. The summed E-state index contributed by atoms with van der Waals surface area (Å²) in [6.45, 7) is 14.2. The minimum Gasteiger partial charge on any atom is -0.462 e. The zero-order chi connectivity index (χ0) is 69.6. The van der Waals surface area contributed by atoms with Crippen LogP contribution >= 0.6 is 15.6 Å².